The van der Waals surface area contributed by atoms with Gasteiger partial charge in [0.1, 0.15) is 6.54 Å². The maximum atomic E-state index is 12.6. The van der Waals surface area contributed by atoms with Gasteiger partial charge in [0, 0.05) is 5.69 Å². The molecule has 1 heterocycles. The summed E-state index contributed by atoms with van der Waals surface area (Å²) in [7, 11) is 2.05. The third kappa shape index (κ3) is 4.26. The Bertz CT molecular complexity index is 903. The maximum absolute atomic E-state index is 12.6. The summed E-state index contributed by atoms with van der Waals surface area (Å²) in [6.07, 6.45) is 0. The molecule has 0 aliphatic carbocycles. The van der Waals surface area contributed by atoms with Gasteiger partial charge in [-0.05, 0) is 45.0 Å². The highest BCUT2D eigenvalue weighted by atomic mass is 16.2. The lowest BCUT2D eigenvalue weighted by molar-refractivity contribution is -0.907. The lowest BCUT2D eigenvalue weighted by atomic mass is 10.1. The normalized spacial score (nSPS) is 13.2. The minimum absolute atomic E-state index is 0.0180. The number of nitrogens with zero attached hydrogens (tertiary/aromatic N) is 2. The third-order valence-electron chi connectivity index (χ3n) is 5.07. The van der Waals surface area contributed by atoms with Crippen LogP contribution in [0.2, 0.25) is 0 Å². The number of likely N-dealkylation sites (N-methyl/N-ethyl adjacent to an activating group) is 1. The van der Waals surface area contributed by atoms with Crippen molar-refractivity contribution < 1.29 is 9.69 Å². The van der Waals surface area contributed by atoms with Crippen molar-refractivity contribution in [3.63, 3.8) is 0 Å². The monoisotopic (exact) mass is 363 g/mol. The van der Waals surface area contributed by atoms with Gasteiger partial charge in [0.05, 0.1) is 29.7 Å². The van der Waals surface area contributed by atoms with Crippen LogP contribution < -0.4 is 10.2 Å². The summed E-state index contributed by atoms with van der Waals surface area (Å²) in [5, 5.41) is 7.70. The van der Waals surface area contributed by atoms with E-state index in [0.717, 1.165) is 34.2 Å². The van der Waals surface area contributed by atoms with Crippen LogP contribution in [0.5, 0.6) is 0 Å². The number of carbonyl (C=O) groups excluding carboxylic acids is 1. The van der Waals surface area contributed by atoms with Gasteiger partial charge in [0.15, 0.2) is 6.04 Å². The van der Waals surface area contributed by atoms with E-state index in [0.29, 0.717) is 0 Å². The van der Waals surface area contributed by atoms with Crippen LogP contribution in [0.25, 0.3) is 5.69 Å². The summed E-state index contributed by atoms with van der Waals surface area (Å²) in [5.74, 6) is 0.0180. The molecule has 0 radical (unpaired) electrons. The maximum Gasteiger partial charge on any atom is 0.282 e. The van der Waals surface area contributed by atoms with Gasteiger partial charge < -0.3 is 10.2 Å². The van der Waals surface area contributed by atoms with Crippen LogP contribution in [0.1, 0.15) is 23.9 Å². The topological polar surface area (TPSA) is 51.4 Å². The van der Waals surface area contributed by atoms with Crippen LogP contribution >= 0.6 is 0 Å². The first-order valence-corrected chi connectivity index (χ1v) is 9.26. The molecule has 1 amide bonds. The molecule has 3 rings (SSSR count). The Hall–Kier alpha value is -2.92. The van der Waals surface area contributed by atoms with E-state index in [4.69, 9.17) is 5.10 Å². The minimum atomic E-state index is -0.177. The lowest BCUT2D eigenvalue weighted by Crippen LogP contribution is -3.12. The second kappa shape index (κ2) is 8.18. The number of para-hydroxylation sites is 2. The summed E-state index contributed by atoms with van der Waals surface area (Å²) in [6.45, 7) is 6.82. The highest BCUT2D eigenvalue weighted by Gasteiger charge is 2.25. The molecule has 2 atom stereocenters. The average Bonchev–Trinajstić information content (AvgIpc) is 2.97. The molecule has 0 spiro atoms. The Labute approximate surface area is 160 Å². The number of nitrogens with one attached hydrogen (secondary N) is 2. The number of quaternary nitrogens is 1. The predicted molar refractivity (Wildman–Crippen MR) is 108 cm³/mol. The second-order valence-electron chi connectivity index (χ2n) is 7.00. The van der Waals surface area contributed by atoms with Crippen molar-refractivity contribution in [2.75, 3.05) is 12.4 Å². The number of amides is 1. The minimum Gasteiger partial charge on any atom is -0.324 e. The highest BCUT2D eigenvalue weighted by Crippen LogP contribution is 2.17. The zero-order valence-corrected chi connectivity index (χ0v) is 16.4. The number of hydrogen-bond acceptors (Lipinski definition) is 2. The molecule has 0 aliphatic heterocycles. The van der Waals surface area contributed by atoms with Crippen molar-refractivity contribution in [3.8, 4) is 5.69 Å². The van der Waals surface area contributed by atoms with E-state index in [1.807, 2.05) is 74.1 Å². The predicted octanol–water partition coefficient (Wildman–Crippen LogP) is 2.53. The Morgan fingerprint density at radius 2 is 1.67 bits per heavy atom. The van der Waals surface area contributed by atoms with Crippen LogP contribution in [-0.2, 0) is 11.3 Å². The van der Waals surface area contributed by atoms with E-state index >= 15 is 0 Å². The SMILES string of the molecule is Cc1nn(-c2ccccc2)c(C)c1C[NH+](C)[C@H](C)C(=O)Nc1ccccc1. The van der Waals surface area contributed by atoms with E-state index in [2.05, 4.69) is 24.4 Å². The number of benzene rings is 2. The fourth-order valence-corrected chi connectivity index (χ4v) is 3.18. The first-order chi connectivity index (χ1) is 13.0. The fourth-order valence-electron chi connectivity index (χ4n) is 3.18. The first kappa shape index (κ1) is 18.9. The van der Waals surface area contributed by atoms with E-state index in [-0.39, 0.29) is 11.9 Å². The molecule has 1 unspecified atom stereocenters. The van der Waals surface area contributed by atoms with Crippen LogP contribution in [0.4, 0.5) is 5.69 Å². The van der Waals surface area contributed by atoms with Gasteiger partial charge in [-0.25, -0.2) is 4.68 Å². The Morgan fingerprint density at radius 1 is 1.07 bits per heavy atom. The number of aromatic nitrogens is 2. The molecule has 2 aromatic carbocycles. The quantitative estimate of drug-likeness (QED) is 0.707. The van der Waals surface area contributed by atoms with Gasteiger partial charge in [-0.15, -0.1) is 0 Å². The van der Waals surface area contributed by atoms with Gasteiger partial charge in [0.25, 0.3) is 5.91 Å². The molecule has 3 aromatic rings. The van der Waals surface area contributed by atoms with Crippen molar-refractivity contribution >= 4 is 11.6 Å². The average molecular weight is 363 g/mol. The number of carbonyl (C=O) groups is 1. The van der Waals surface area contributed by atoms with E-state index in [1.165, 1.54) is 5.56 Å². The molecule has 27 heavy (non-hydrogen) atoms. The van der Waals surface area contributed by atoms with Gasteiger partial charge in [0.2, 0.25) is 0 Å². The van der Waals surface area contributed by atoms with E-state index in [1.54, 1.807) is 0 Å². The zero-order valence-electron chi connectivity index (χ0n) is 16.4. The van der Waals surface area contributed by atoms with Gasteiger partial charge in [-0.1, -0.05) is 36.4 Å². The van der Waals surface area contributed by atoms with E-state index < -0.39 is 0 Å². The number of anilines is 1. The molecule has 0 aliphatic rings. The third-order valence-corrected chi connectivity index (χ3v) is 5.07. The summed E-state index contributed by atoms with van der Waals surface area (Å²) in [6, 6.07) is 19.5. The number of aryl methyl sites for hydroxylation is 1. The van der Waals surface area contributed by atoms with E-state index in [9.17, 15) is 4.79 Å². The molecule has 140 valence electrons. The summed E-state index contributed by atoms with van der Waals surface area (Å²) < 4.78 is 1.98. The van der Waals surface area contributed by atoms with Crippen molar-refractivity contribution in [3.05, 3.63) is 77.6 Å². The molecule has 0 bridgehead atoms. The van der Waals surface area contributed by atoms with Crippen molar-refractivity contribution in [2.24, 2.45) is 0 Å². The highest BCUT2D eigenvalue weighted by molar-refractivity contribution is 5.93. The Morgan fingerprint density at radius 3 is 2.30 bits per heavy atom. The molecule has 5 heteroatoms. The lowest BCUT2D eigenvalue weighted by Gasteiger charge is -2.21. The zero-order chi connectivity index (χ0) is 19.4. The first-order valence-electron chi connectivity index (χ1n) is 9.26. The molecule has 0 saturated heterocycles. The molecule has 0 saturated carbocycles. The fraction of sp³-hybridized carbons (Fsp3) is 0.273. The molecular weight excluding hydrogens is 336 g/mol. The summed E-state index contributed by atoms with van der Waals surface area (Å²) in [4.78, 5) is 13.7. The number of rotatable bonds is 6. The standard InChI is InChI=1S/C22H26N4O/c1-16-21(17(2)26(24-16)20-13-9-6-10-14-20)15-25(4)18(3)22(27)23-19-11-7-5-8-12-19/h5-14,18H,15H2,1-4H3,(H,23,27)/p+1/t18-/m1/s1. The molecule has 5 nitrogen and oxygen atoms in total. The summed E-state index contributed by atoms with van der Waals surface area (Å²) in [5.41, 5.74) is 5.19. The van der Waals surface area contributed by atoms with Crippen molar-refractivity contribution in [1.29, 1.82) is 0 Å². The summed E-state index contributed by atoms with van der Waals surface area (Å²) >= 11 is 0. The van der Waals surface area contributed by atoms with Crippen molar-refractivity contribution in [1.82, 2.24) is 9.78 Å². The molecule has 0 fully saturated rings. The number of hydrogen-bond donors (Lipinski definition) is 2. The molecule has 2 N–H and O–H groups in total. The Kier molecular flexibility index (Phi) is 5.72. The van der Waals surface area contributed by atoms with Gasteiger partial charge >= 0.3 is 0 Å². The van der Waals surface area contributed by atoms with Gasteiger partial charge in [-0.2, -0.15) is 5.10 Å². The van der Waals surface area contributed by atoms with Crippen LogP contribution in [0.3, 0.4) is 0 Å². The van der Waals surface area contributed by atoms with Crippen LogP contribution in [0, 0.1) is 13.8 Å². The van der Waals surface area contributed by atoms with Crippen molar-refractivity contribution in [2.45, 2.75) is 33.4 Å². The van der Waals surface area contributed by atoms with Gasteiger partial charge in [-0.3, -0.25) is 4.79 Å². The smallest absolute Gasteiger partial charge is 0.282 e. The molecular formula is C22H27N4O+. The largest absolute Gasteiger partial charge is 0.324 e. The second-order valence-corrected chi connectivity index (χ2v) is 7.00. The van der Waals surface area contributed by atoms with Crippen LogP contribution in [0.15, 0.2) is 60.7 Å². The van der Waals surface area contributed by atoms with Crippen LogP contribution in [-0.4, -0.2) is 28.8 Å². The Balaban J connectivity index is 1.73. The molecule has 1 aromatic heterocycles.